The van der Waals surface area contributed by atoms with Crippen molar-refractivity contribution in [1.82, 2.24) is 9.97 Å². The van der Waals surface area contributed by atoms with E-state index in [2.05, 4.69) is 12.1 Å². The first kappa shape index (κ1) is 23.3. The van der Waals surface area contributed by atoms with Crippen LogP contribution in [0.25, 0.3) is 10.3 Å². The van der Waals surface area contributed by atoms with Gasteiger partial charge in [-0.05, 0) is 25.0 Å². The van der Waals surface area contributed by atoms with Gasteiger partial charge in [0.2, 0.25) is 0 Å². The van der Waals surface area contributed by atoms with Crippen LogP contribution < -0.4 is 4.91 Å². The summed E-state index contributed by atoms with van der Waals surface area (Å²) >= 11 is 1.91. The highest BCUT2D eigenvalue weighted by Gasteiger charge is 2.18. The predicted molar refractivity (Wildman–Crippen MR) is 138 cm³/mol. The summed E-state index contributed by atoms with van der Waals surface area (Å²) in [5.41, 5.74) is 2.36. The van der Waals surface area contributed by atoms with E-state index in [0.717, 1.165) is 11.5 Å². The largest absolute Gasteiger partial charge is 0.232 e. The van der Waals surface area contributed by atoms with Gasteiger partial charge in [-0.15, -0.1) is 11.3 Å². The Hall–Kier alpha value is -0.895. The van der Waals surface area contributed by atoms with Crippen molar-refractivity contribution in [3.05, 3.63) is 17.8 Å². The first-order chi connectivity index (χ1) is 15.4. The second-order valence-electron chi connectivity index (χ2n) is 10.4. The summed E-state index contributed by atoms with van der Waals surface area (Å²) in [5, 5.41) is 0. The molecule has 0 bridgehead atoms. The molecule has 0 radical (unpaired) electrons. The molecule has 0 saturated heterocycles. The average Bonchev–Trinajstić information content (AvgIpc) is 3.16. The van der Waals surface area contributed by atoms with Crippen LogP contribution in [0.3, 0.4) is 0 Å². The minimum Gasteiger partial charge on any atom is -0.232 e. The van der Waals surface area contributed by atoms with E-state index >= 15 is 0 Å². The molecule has 31 heavy (non-hydrogen) atoms. The van der Waals surface area contributed by atoms with Crippen molar-refractivity contribution in [2.24, 2.45) is 0 Å². The van der Waals surface area contributed by atoms with Crippen LogP contribution in [-0.2, 0) is 0 Å². The number of fused-ring (bicyclic) bond motifs is 1. The van der Waals surface area contributed by atoms with Crippen LogP contribution in [0.1, 0.15) is 134 Å². The number of hydrogen-bond donors (Lipinski definition) is 0. The normalized spacial score (nSPS) is 22.1. The Morgan fingerprint density at radius 1 is 0.613 bits per heavy atom. The molecule has 2 aliphatic rings. The number of hydrogen-bond acceptors (Lipinski definition) is 3. The second-order valence-corrected chi connectivity index (χ2v) is 11.5. The monoisotopic (exact) mass is 438 g/mol. The highest BCUT2D eigenvalue weighted by Crippen LogP contribution is 2.31. The van der Waals surface area contributed by atoms with Gasteiger partial charge in [-0.1, -0.05) is 115 Å². The van der Waals surface area contributed by atoms with Crippen LogP contribution in [0, 0.1) is 0 Å². The lowest BCUT2D eigenvalue weighted by molar-refractivity contribution is 0.503. The fourth-order valence-electron chi connectivity index (χ4n) is 5.82. The average molecular weight is 439 g/mol. The maximum absolute atomic E-state index is 5.12. The molecule has 170 valence electrons. The Balaban J connectivity index is 1.41. The predicted octanol–water partition coefficient (Wildman–Crippen LogP) is 8.06. The number of pyridine rings is 1. The van der Waals surface area contributed by atoms with E-state index in [1.165, 1.54) is 145 Å². The topological polar surface area (TPSA) is 25.8 Å². The zero-order valence-electron chi connectivity index (χ0n) is 19.8. The smallest absolute Gasteiger partial charge is 0.199 e. The van der Waals surface area contributed by atoms with E-state index in [-0.39, 0.29) is 0 Å². The molecule has 2 fully saturated rings. The Morgan fingerprint density at radius 3 is 1.71 bits per heavy atom. The maximum Gasteiger partial charge on any atom is 0.199 e. The Labute approximate surface area is 195 Å². The van der Waals surface area contributed by atoms with Crippen molar-refractivity contribution >= 4 is 33.9 Å². The van der Waals surface area contributed by atoms with Crippen LogP contribution in [0.2, 0.25) is 5.82 Å². The van der Waals surface area contributed by atoms with Gasteiger partial charge in [-0.25, -0.2) is 9.97 Å². The van der Waals surface area contributed by atoms with Gasteiger partial charge in [0.1, 0.15) is 0 Å². The van der Waals surface area contributed by atoms with E-state index in [1.807, 2.05) is 11.3 Å². The second kappa shape index (κ2) is 13.0. The lowest BCUT2D eigenvalue weighted by atomic mass is 9.61. The third-order valence-electron chi connectivity index (χ3n) is 7.78. The van der Waals surface area contributed by atoms with Gasteiger partial charge in [0.05, 0.1) is 9.61 Å². The molecule has 2 nitrogen and oxygen atoms in total. The lowest BCUT2D eigenvalue weighted by Crippen LogP contribution is -2.19. The van der Waals surface area contributed by atoms with Crippen molar-refractivity contribution in [3.63, 3.8) is 0 Å². The molecule has 0 amide bonds. The molecule has 0 aliphatic heterocycles. The van der Waals surface area contributed by atoms with E-state index in [0.29, 0.717) is 5.92 Å². The molecule has 2 aliphatic carbocycles. The quantitative estimate of drug-likeness (QED) is 0.453. The highest BCUT2D eigenvalue weighted by molar-refractivity contribution is 7.26. The number of rotatable bonds is 3. The molecule has 0 aromatic carbocycles. The number of aromatic nitrogens is 2. The molecule has 0 unspecified atom stereocenters. The third-order valence-corrected chi connectivity index (χ3v) is 8.81. The van der Waals surface area contributed by atoms with Gasteiger partial charge in [-0.3, -0.25) is 0 Å². The first-order valence-electron chi connectivity index (χ1n) is 13.6. The van der Waals surface area contributed by atoms with Crippen molar-refractivity contribution in [3.8, 4) is 0 Å². The van der Waals surface area contributed by atoms with Gasteiger partial charge in [0, 0.05) is 11.6 Å². The zero-order chi connectivity index (χ0) is 21.1. The molecule has 4 rings (SSSR count). The van der Waals surface area contributed by atoms with Gasteiger partial charge < -0.3 is 0 Å². The molecule has 4 heteroatoms. The molecule has 2 saturated carbocycles. The molecule has 0 atom stereocenters. The van der Waals surface area contributed by atoms with E-state index in [9.17, 15) is 0 Å². The maximum atomic E-state index is 5.12. The van der Waals surface area contributed by atoms with E-state index in [1.54, 1.807) is 0 Å². The molecule has 2 heterocycles. The molecular formula is C27H43BN2S. The SMILES string of the molecule is B(c1nc2nc(C3CCCCCCCCCC3)ccc2s1)C1CCCCCCCCC1. The van der Waals surface area contributed by atoms with Crippen molar-refractivity contribution in [1.29, 1.82) is 0 Å². The van der Waals surface area contributed by atoms with Crippen LogP contribution >= 0.6 is 11.3 Å². The zero-order valence-corrected chi connectivity index (χ0v) is 20.6. The molecule has 2 aromatic heterocycles. The summed E-state index contributed by atoms with van der Waals surface area (Å²) in [6.07, 6.45) is 26.8. The molecular weight excluding hydrogens is 395 g/mol. The summed E-state index contributed by atoms with van der Waals surface area (Å²) in [5.74, 6) is 1.48. The van der Waals surface area contributed by atoms with Crippen molar-refractivity contribution < 1.29 is 0 Å². The molecule has 0 spiro atoms. The first-order valence-corrected chi connectivity index (χ1v) is 14.5. The lowest BCUT2D eigenvalue weighted by Gasteiger charge is -2.16. The van der Waals surface area contributed by atoms with Crippen LogP contribution in [-0.4, -0.2) is 17.2 Å². The van der Waals surface area contributed by atoms with Crippen molar-refractivity contribution in [2.45, 2.75) is 134 Å². The van der Waals surface area contributed by atoms with Crippen molar-refractivity contribution in [2.75, 3.05) is 0 Å². The highest BCUT2D eigenvalue weighted by atomic mass is 32.1. The summed E-state index contributed by atoms with van der Waals surface area (Å²) in [6, 6.07) is 4.66. The van der Waals surface area contributed by atoms with Gasteiger partial charge in [-0.2, -0.15) is 0 Å². The van der Waals surface area contributed by atoms with E-state index in [4.69, 9.17) is 9.97 Å². The summed E-state index contributed by atoms with van der Waals surface area (Å²) in [7, 11) is 1.18. The summed E-state index contributed by atoms with van der Waals surface area (Å²) in [6.45, 7) is 0. The minimum absolute atomic E-state index is 0.644. The Kier molecular flexibility index (Phi) is 9.73. The van der Waals surface area contributed by atoms with E-state index < -0.39 is 0 Å². The standard InChI is InChI=1S/C27H43BN2S/c1-2-5-9-13-17-22(16-12-8-4-1)24-20-21-25-26(29-24)30-27(31-25)28-23-18-14-10-6-3-7-11-15-19-23/h20-23,28H,1-19H2. The van der Waals surface area contributed by atoms with Gasteiger partial charge in [0.25, 0.3) is 0 Å². The molecule has 0 N–H and O–H groups in total. The number of nitrogens with zero attached hydrogens (tertiary/aromatic N) is 2. The van der Waals surface area contributed by atoms with Gasteiger partial charge in [0.15, 0.2) is 12.9 Å². The van der Waals surface area contributed by atoms with Gasteiger partial charge >= 0.3 is 0 Å². The third kappa shape index (κ3) is 7.58. The van der Waals surface area contributed by atoms with Crippen LogP contribution in [0.15, 0.2) is 12.1 Å². The van der Waals surface area contributed by atoms with Crippen LogP contribution in [0.4, 0.5) is 0 Å². The van der Waals surface area contributed by atoms with Crippen LogP contribution in [0.5, 0.6) is 0 Å². The fraction of sp³-hybridized carbons (Fsp3) is 0.778. The fourth-order valence-corrected chi connectivity index (χ4v) is 6.84. The summed E-state index contributed by atoms with van der Waals surface area (Å²) in [4.78, 5) is 11.5. The molecule has 2 aromatic rings. The Bertz CT molecular complexity index is 752. The summed E-state index contributed by atoms with van der Waals surface area (Å²) < 4.78 is 1.30. The minimum atomic E-state index is 0.644. The number of thiazole rings is 1. The Morgan fingerprint density at radius 2 is 1.13 bits per heavy atom.